The highest BCUT2D eigenvalue weighted by Gasteiger charge is 2.51. The lowest BCUT2D eigenvalue weighted by molar-refractivity contribution is -0.00522. The first-order chi connectivity index (χ1) is 21.5. The zero-order valence-corrected chi connectivity index (χ0v) is 26.8. The molecule has 0 amide bonds. The Bertz CT molecular complexity index is 1660. The molecule has 1 atom stereocenters. The predicted molar refractivity (Wildman–Crippen MR) is 184 cm³/mol. The molecule has 0 saturated heterocycles. The van der Waals surface area contributed by atoms with Crippen LogP contribution in [0.15, 0.2) is 91.0 Å². The molecular formula is C44H48. The summed E-state index contributed by atoms with van der Waals surface area (Å²) in [5, 5.41) is 0. The molecule has 0 aromatic heterocycles. The summed E-state index contributed by atoms with van der Waals surface area (Å²) in [6.07, 6.45) is 15.7. The molecule has 10 rings (SSSR count). The zero-order valence-electron chi connectivity index (χ0n) is 26.8. The minimum atomic E-state index is 0.0123. The normalized spacial score (nSPS) is 28.9. The van der Waals surface area contributed by atoms with Gasteiger partial charge in [0.15, 0.2) is 0 Å². The van der Waals surface area contributed by atoms with Gasteiger partial charge in [0.1, 0.15) is 0 Å². The molecule has 0 radical (unpaired) electrons. The Morgan fingerprint density at radius 2 is 1.20 bits per heavy atom. The van der Waals surface area contributed by atoms with E-state index >= 15 is 0 Å². The summed E-state index contributed by atoms with van der Waals surface area (Å²) in [5.74, 6) is 3.89. The van der Waals surface area contributed by atoms with Crippen LogP contribution in [0, 0.1) is 17.8 Å². The Balaban J connectivity index is 1.15. The first-order valence-corrected chi connectivity index (χ1v) is 17.9. The van der Waals surface area contributed by atoms with Gasteiger partial charge < -0.3 is 0 Å². The van der Waals surface area contributed by atoms with Crippen LogP contribution >= 0.6 is 0 Å². The van der Waals surface area contributed by atoms with Gasteiger partial charge in [-0.25, -0.2) is 0 Å². The van der Waals surface area contributed by atoms with E-state index in [1.54, 1.807) is 11.1 Å². The fourth-order valence-electron chi connectivity index (χ4n) is 11.4. The maximum atomic E-state index is 2.67. The quantitative estimate of drug-likeness (QED) is 0.207. The molecule has 0 heterocycles. The van der Waals surface area contributed by atoms with Gasteiger partial charge in [0, 0.05) is 11.3 Å². The van der Waals surface area contributed by atoms with Crippen LogP contribution < -0.4 is 0 Å². The number of hydrogen-bond donors (Lipinski definition) is 0. The number of benzene rings is 4. The first-order valence-electron chi connectivity index (χ1n) is 17.9. The first kappa shape index (κ1) is 27.2. The minimum Gasteiger partial charge on any atom is -0.0619 e. The van der Waals surface area contributed by atoms with Crippen molar-refractivity contribution in [2.45, 2.75) is 107 Å². The van der Waals surface area contributed by atoms with E-state index in [9.17, 15) is 0 Å². The highest BCUT2D eigenvalue weighted by atomic mass is 14.6. The fourth-order valence-corrected chi connectivity index (χ4v) is 11.4. The van der Waals surface area contributed by atoms with Gasteiger partial charge in [0.05, 0.1) is 0 Å². The number of fused-ring (bicyclic) bond motifs is 3. The van der Waals surface area contributed by atoms with Gasteiger partial charge in [-0.2, -0.15) is 0 Å². The zero-order chi connectivity index (χ0) is 29.5. The smallest absolute Gasteiger partial charge is 0.0340 e. The molecule has 0 heteroatoms. The summed E-state index contributed by atoms with van der Waals surface area (Å²) >= 11 is 0. The van der Waals surface area contributed by atoms with Crippen molar-refractivity contribution >= 4 is 0 Å². The van der Waals surface area contributed by atoms with Gasteiger partial charge in [-0.1, -0.05) is 124 Å². The molecule has 4 aromatic carbocycles. The molecule has 6 aliphatic carbocycles. The van der Waals surface area contributed by atoms with Gasteiger partial charge in [0.2, 0.25) is 0 Å². The van der Waals surface area contributed by atoms with E-state index in [4.69, 9.17) is 0 Å². The Kier molecular flexibility index (Phi) is 6.31. The van der Waals surface area contributed by atoms with E-state index in [0.29, 0.717) is 5.41 Å². The van der Waals surface area contributed by atoms with E-state index in [1.807, 2.05) is 0 Å². The Morgan fingerprint density at radius 3 is 1.93 bits per heavy atom. The van der Waals surface area contributed by atoms with E-state index in [2.05, 4.69) is 105 Å². The van der Waals surface area contributed by atoms with Crippen LogP contribution in [0.5, 0.6) is 0 Å². The van der Waals surface area contributed by atoms with E-state index in [-0.39, 0.29) is 11.3 Å². The predicted octanol–water partition coefficient (Wildman–Crippen LogP) is 11.7. The largest absolute Gasteiger partial charge is 0.0619 e. The molecular weight excluding hydrogens is 528 g/mol. The summed E-state index contributed by atoms with van der Waals surface area (Å²) in [5.41, 5.74) is 13.8. The average Bonchev–Trinajstić information content (AvgIpc) is 3.27. The van der Waals surface area contributed by atoms with Crippen LogP contribution in [0.2, 0.25) is 0 Å². The highest BCUT2D eigenvalue weighted by molar-refractivity contribution is 5.81. The van der Waals surface area contributed by atoms with Crippen molar-refractivity contribution in [2.24, 2.45) is 17.8 Å². The molecule has 0 nitrogen and oxygen atoms in total. The third kappa shape index (κ3) is 4.30. The van der Waals surface area contributed by atoms with Crippen molar-refractivity contribution in [3.63, 3.8) is 0 Å². The van der Waals surface area contributed by atoms with Crippen molar-refractivity contribution in [2.75, 3.05) is 0 Å². The summed E-state index contributed by atoms with van der Waals surface area (Å²) in [7, 11) is 0. The SMILES string of the molecule is CC1(C)c2ccccc2-c2ccc(C(c3ccc(C4CCCCC4)cc3)c3cccc(C45CC6CC(CC(C6)C4)C5)c3)cc21. The molecule has 4 aromatic rings. The molecule has 5 saturated carbocycles. The van der Waals surface area contributed by atoms with Crippen LogP contribution in [-0.4, -0.2) is 0 Å². The van der Waals surface area contributed by atoms with E-state index < -0.39 is 0 Å². The lowest BCUT2D eigenvalue weighted by Gasteiger charge is -2.57. The monoisotopic (exact) mass is 576 g/mol. The van der Waals surface area contributed by atoms with Crippen molar-refractivity contribution in [1.82, 2.24) is 0 Å². The van der Waals surface area contributed by atoms with Gasteiger partial charge in [-0.15, -0.1) is 0 Å². The Morgan fingerprint density at radius 1 is 0.568 bits per heavy atom. The fraction of sp³-hybridized carbons (Fsp3) is 0.455. The summed E-state index contributed by atoms with van der Waals surface area (Å²) in [4.78, 5) is 0. The van der Waals surface area contributed by atoms with E-state index in [0.717, 1.165) is 23.7 Å². The second kappa shape index (κ2) is 10.2. The lowest BCUT2D eigenvalue weighted by Crippen LogP contribution is -2.48. The number of hydrogen-bond acceptors (Lipinski definition) is 0. The lowest BCUT2D eigenvalue weighted by atomic mass is 9.48. The van der Waals surface area contributed by atoms with Crippen LogP contribution in [0.4, 0.5) is 0 Å². The third-order valence-electron chi connectivity index (χ3n) is 13.2. The standard InChI is InChI=1S/C44H48/c1-43(2)40-14-7-6-13-38(40)39-20-19-36(25-41(39)43)42(34-17-15-33(16-18-34)32-9-4-3-5-10-32)35-11-8-12-37(24-35)44-26-29-21-30(27-44)23-31(22-29)28-44/h6-8,11-20,24-25,29-32,42H,3-5,9-10,21-23,26-28H2,1-2H3. The molecule has 0 aliphatic heterocycles. The molecule has 4 bridgehead atoms. The van der Waals surface area contributed by atoms with E-state index in [1.165, 1.54) is 110 Å². The molecule has 5 fully saturated rings. The second-order valence-corrected chi connectivity index (χ2v) is 16.2. The van der Waals surface area contributed by atoms with Gasteiger partial charge in [-0.3, -0.25) is 0 Å². The summed E-state index contributed by atoms with van der Waals surface area (Å²) in [6.45, 7) is 4.84. The van der Waals surface area contributed by atoms with Crippen LogP contribution in [0.3, 0.4) is 0 Å². The van der Waals surface area contributed by atoms with Crippen molar-refractivity contribution in [1.29, 1.82) is 0 Å². The van der Waals surface area contributed by atoms with Crippen LogP contribution in [0.25, 0.3) is 11.1 Å². The van der Waals surface area contributed by atoms with Crippen LogP contribution in [-0.2, 0) is 10.8 Å². The Labute approximate surface area is 265 Å². The average molecular weight is 577 g/mol. The van der Waals surface area contributed by atoms with Gasteiger partial charge in [-0.05, 0) is 131 Å². The van der Waals surface area contributed by atoms with Crippen molar-refractivity contribution < 1.29 is 0 Å². The third-order valence-corrected chi connectivity index (χ3v) is 13.2. The molecule has 6 aliphatic rings. The summed E-state index contributed by atoms with van der Waals surface area (Å²) in [6, 6.07) is 36.5. The molecule has 44 heavy (non-hydrogen) atoms. The van der Waals surface area contributed by atoms with Gasteiger partial charge >= 0.3 is 0 Å². The molecule has 0 spiro atoms. The minimum absolute atomic E-state index is 0.0123. The maximum Gasteiger partial charge on any atom is 0.0340 e. The molecule has 224 valence electrons. The molecule has 1 unspecified atom stereocenters. The highest BCUT2D eigenvalue weighted by Crippen LogP contribution is 2.61. The maximum absolute atomic E-state index is 2.67. The van der Waals surface area contributed by atoms with Gasteiger partial charge in [0.25, 0.3) is 0 Å². The summed E-state index contributed by atoms with van der Waals surface area (Å²) < 4.78 is 0. The van der Waals surface area contributed by atoms with Crippen molar-refractivity contribution in [3.05, 3.63) is 130 Å². The number of rotatable bonds is 5. The van der Waals surface area contributed by atoms with Crippen LogP contribution in [0.1, 0.15) is 135 Å². The second-order valence-electron chi connectivity index (χ2n) is 16.2. The topological polar surface area (TPSA) is 0 Å². The van der Waals surface area contributed by atoms with Crippen molar-refractivity contribution in [3.8, 4) is 11.1 Å². The molecule has 0 N–H and O–H groups in total. The Hall–Kier alpha value is -3.12.